The number of halogens is 1. The molecule has 1 amide bonds. The monoisotopic (exact) mass is 271 g/mol. The lowest BCUT2D eigenvalue weighted by atomic mass is 10.3. The third-order valence-electron chi connectivity index (χ3n) is 1.60. The van der Waals surface area contributed by atoms with Gasteiger partial charge in [0.1, 0.15) is 0 Å². The fourth-order valence-electron chi connectivity index (χ4n) is 0.872. The molecule has 1 heterocycles. The Morgan fingerprint density at radius 3 is 2.93 bits per heavy atom. The molecular formula is C10H10BrNOS. The summed E-state index contributed by atoms with van der Waals surface area (Å²) >= 11 is 4.81. The van der Waals surface area contributed by atoms with E-state index in [0.29, 0.717) is 11.4 Å². The highest BCUT2D eigenvalue weighted by molar-refractivity contribution is 9.11. The van der Waals surface area contributed by atoms with Gasteiger partial charge in [0.25, 0.3) is 5.91 Å². The van der Waals surface area contributed by atoms with Gasteiger partial charge in [-0.1, -0.05) is 5.92 Å². The highest BCUT2D eigenvalue weighted by Crippen LogP contribution is 2.26. The van der Waals surface area contributed by atoms with Crippen molar-refractivity contribution in [3.63, 3.8) is 0 Å². The fraction of sp³-hybridized carbons (Fsp3) is 0.300. The number of hydrogen-bond acceptors (Lipinski definition) is 2. The van der Waals surface area contributed by atoms with Crippen molar-refractivity contribution < 1.29 is 4.79 Å². The average Bonchev–Trinajstić information content (AvgIpc) is 2.47. The van der Waals surface area contributed by atoms with E-state index < -0.39 is 0 Å². The summed E-state index contributed by atoms with van der Waals surface area (Å²) in [7, 11) is 0. The molecular weight excluding hydrogens is 262 g/mol. The summed E-state index contributed by atoms with van der Waals surface area (Å²) in [5.41, 5.74) is 1.08. The molecule has 0 aliphatic carbocycles. The molecule has 0 saturated heterocycles. The van der Waals surface area contributed by atoms with Crippen LogP contribution in [0.4, 0.5) is 0 Å². The zero-order valence-corrected chi connectivity index (χ0v) is 10.4. The number of nitrogens with one attached hydrogen (secondary N) is 1. The van der Waals surface area contributed by atoms with Crippen molar-refractivity contribution in [2.45, 2.75) is 13.8 Å². The second-order valence-electron chi connectivity index (χ2n) is 2.68. The van der Waals surface area contributed by atoms with Crippen LogP contribution in [0.1, 0.15) is 22.2 Å². The van der Waals surface area contributed by atoms with Crippen molar-refractivity contribution in [3.8, 4) is 11.8 Å². The molecule has 1 N–H and O–H groups in total. The third kappa shape index (κ3) is 2.86. The Labute approximate surface area is 95.8 Å². The summed E-state index contributed by atoms with van der Waals surface area (Å²) in [6, 6.07) is 1.86. The maximum Gasteiger partial charge on any atom is 0.262 e. The first-order valence-electron chi connectivity index (χ1n) is 4.09. The third-order valence-corrected chi connectivity index (χ3v) is 3.73. The van der Waals surface area contributed by atoms with E-state index >= 15 is 0 Å². The number of rotatable bonds is 2. The fourth-order valence-corrected chi connectivity index (χ4v) is 2.32. The zero-order chi connectivity index (χ0) is 10.6. The van der Waals surface area contributed by atoms with Gasteiger partial charge in [0.05, 0.1) is 15.2 Å². The highest BCUT2D eigenvalue weighted by atomic mass is 79.9. The van der Waals surface area contributed by atoms with Crippen LogP contribution in [0.5, 0.6) is 0 Å². The molecule has 74 valence electrons. The molecule has 0 aliphatic heterocycles. The van der Waals surface area contributed by atoms with E-state index in [1.807, 2.05) is 13.0 Å². The minimum Gasteiger partial charge on any atom is -0.340 e. The summed E-state index contributed by atoms with van der Waals surface area (Å²) in [4.78, 5) is 12.2. The van der Waals surface area contributed by atoms with Crippen LogP contribution in [0, 0.1) is 18.8 Å². The molecule has 1 rings (SSSR count). The van der Waals surface area contributed by atoms with E-state index in [-0.39, 0.29) is 5.91 Å². The molecule has 0 aromatic carbocycles. The minimum absolute atomic E-state index is 0.0634. The Kier molecular flexibility index (Phi) is 4.18. The summed E-state index contributed by atoms with van der Waals surface area (Å²) in [5, 5.41) is 2.72. The van der Waals surface area contributed by atoms with Crippen molar-refractivity contribution in [3.05, 3.63) is 20.3 Å². The average molecular weight is 272 g/mol. The predicted octanol–water partition coefficient (Wildman–Crippen LogP) is 2.57. The quantitative estimate of drug-likeness (QED) is 0.824. The van der Waals surface area contributed by atoms with Crippen LogP contribution in [0.2, 0.25) is 0 Å². The standard InChI is InChI=1S/C10H10BrNOS/c1-3-4-5-12-10(13)8-6-7(2)9(11)14-8/h6H,5H2,1-2H3,(H,12,13). The van der Waals surface area contributed by atoms with Crippen LogP contribution in [0.25, 0.3) is 0 Å². The summed E-state index contributed by atoms with van der Waals surface area (Å²) in [6.45, 7) is 4.12. The number of aryl methyl sites for hydroxylation is 1. The Hall–Kier alpha value is -0.790. The number of carbonyl (C=O) groups excluding carboxylic acids is 1. The molecule has 1 aromatic rings. The molecule has 0 atom stereocenters. The van der Waals surface area contributed by atoms with E-state index in [1.54, 1.807) is 6.92 Å². The van der Waals surface area contributed by atoms with Crippen molar-refractivity contribution in [2.24, 2.45) is 0 Å². The van der Waals surface area contributed by atoms with Gasteiger partial charge in [-0.15, -0.1) is 17.3 Å². The van der Waals surface area contributed by atoms with Crippen molar-refractivity contribution >= 4 is 33.2 Å². The van der Waals surface area contributed by atoms with Gasteiger partial charge in [-0.05, 0) is 41.4 Å². The van der Waals surface area contributed by atoms with E-state index in [0.717, 1.165) is 9.35 Å². The first-order valence-corrected chi connectivity index (χ1v) is 5.70. The number of carbonyl (C=O) groups is 1. The number of thiophene rings is 1. The van der Waals surface area contributed by atoms with Crippen LogP contribution in [-0.4, -0.2) is 12.5 Å². The molecule has 0 radical (unpaired) electrons. The highest BCUT2D eigenvalue weighted by Gasteiger charge is 2.09. The van der Waals surface area contributed by atoms with Gasteiger partial charge in [-0.3, -0.25) is 4.79 Å². The lowest BCUT2D eigenvalue weighted by Gasteiger charge is -1.96. The number of hydrogen-bond donors (Lipinski definition) is 1. The molecule has 4 heteroatoms. The van der Waals surface area contributed by atoms with Gasteiger partial charge < -0.3 is 5.32 Å². The molecule has 0 fully saturated rings. The first kappa shape index (κ1) is 11.3. The lowest BCUT2D eigenvalue weighted by Crippen LogP contribution is -2.22. The summed E-state index contributed by atoms with van der Waals surface area (Å²) < 4.78 is 1.00. The largest absolute Gasteiger partial charge is 0.340 e. The lowest BCUT2D eigenvalue weighted by molar-refractivity contribution is 0.0962. The molecule has 14 heavy (non-hydrogen) atoms. The molecule has 2 nitrogen and oxygen atoms in total. The van der Waals surface area contributed by atoms with E-state index in [4.69, 9.17) is 0 Å². The first-order chi connectivity index (χ1) is 6.65. The zero-order valence-electron chi connectivity index (χ0n) is 7.98. The molecule has 0 unspecified atom stereocenters. The molecule has 0 bridgehead atoms. The maximum atomic E-state index is 11.5. The van der Waals surface area contributed by atoms with Crippen molar-refractivity contribution in [1.82, 2.24) is 5.32 Å². The molecule has 1 aromatic heterocycles. The second kappa shape index (κ2) is 5.18. The topological polar surface area (TPSA) is 29.1 Å². The molecule has 0 aliphatic rings. The maximum absolute atomic E-state index is 11.5. The van der Waals surface area contributed by atoms with Gasteiger partial charge in [0.15, 0.2) is 0 Å². The molecule has 0 spiro atoms. The van der Waals surface area contributed by atoms with E-state index in [2.05, 4.69) is 33.1 Å². The summed E-state index contributed by atoms with van der Waals surface area (Å²) in [5.74, 6) is 5.44. The minimum atomic E-state index is -0.0634. The Morgan fingerprint density at radius 1 is 1.71 bits per heavy atom. The molecule has 0 saturated carbocycles. The van der Waals surface area contributed by atoms with Crippen molar-refractivity contribution in [1.29, 1.82) is 0 Å². The predicted molar refractivity (Wildman–Crippen MR) is 62.5 cm³/mol. The van der Waals surface area contributed by atoms with Crippen LogP contribution in [0.3, 0.4) is 0 Å². The Balaban J connectivity index is 2.64. The van der Waals surface area contributed by atoms with Gasteiger partial charge in [0, 0.05) is 0 Å². The Bertz CT molecular complexity index is 380. The van der Waals surface area contributed by atoms with Crippen molar-refractivity contribution in [2.75, 3.05) is 6.54 Å². The van der Waals surface area contributed by atoms with Gasteiger partial charge in [-0.25, -0.2) is 0 Å². The van der Waals surface area contributed by atoms with Gasteiger partial charge in [-0.2, -0.15) is 0 Å². The second-order valence-corrected chi connectivity index (χ2v) is 5.05. The van der Waals surface area contributed by atoms with Crippen LogP contribution >= 0.6 is 27.3 Å². The smallest absolute Gasteiger partial charge is 0.262 e. The number of amides is 1. The normalized spacial score (nSPS) is 9.07. The van der Waals surface area contributed by atoms with Gasteiger partial charge >= 0.3 is 0 Å². The van der Waals surface area contributed by atoms with Crippen LogP contribution in [0.15, 0.2) is 9.85 Å². The summed E-state index contributed by atoms with van der Waals surface area (Å²) in [6.07, 6.45) is 0. The van der Waals surface area contributed by atoms with Crippen LogP contribution in [-0.2, 0) is 0 Å². The van der Waals surface area contributed by atoms with E-state index in [1.165, 1.54) is 11.3 Å². The van der Waals surface area contributed by atoms with Gasteiger partial charge in [0.2, 0.25) is 0 Å². The van der Waals surface area contributed by atoms with E-state index in [9.17, 15) is 4.79 Å². The Morgan fingerprint density at radius 2 is 2.43 bits per heavy atom. The van der Waals surface area contributed by atoms with Crippen LogP contribution < -0.4 is 5.32 Å². The SMILES string of the molecule is CC#CCNC(=O)c1cc(C)c(Br)s1.